The molecule has 1 rings (SSSR count). The number of nitro groups is 1. The maximum absolute atomic E-state index is 12.6. The third kappa shape index (κ3) is 3.10. The number of aromatic nitrogens is 1. The number of nitrogens with zero attached hydrogens (tertiary/aromatic N) is 2. The summed E-state index contributed by atoms with van der Waals surface area (Å²) in [6.07, 6.45) is -3.48. The first kappa shape index (κ1) is 14.2. The van der Waals surface area contributed by atoms with Crippen molar-refractivity contribution in [1.82, 2.24) is 4.98 Å². The van der Waals surface area contributed by atoms with Crippen LogP contribution in [0, 0.1) is 10.1 Å². The Morgan fingerprint density at radius 3 is 2.72 bits per heavy atom. The molecular weight excluding hydrogens is 274 g/mol. The van der Waals surface area contributed by atoms with Crippen molar-refractivity contribution < 1.29 is 23.2 Å². The summed E-state index contributed by atoms with van der Waals surface area (Å²) < 4.78 is 29.6. The van der Waals surface area contributed by atoms with Crippen LogP contribution in [0.4, 0.5) is 14.6 Å². The summed E-state index contributed by atoms with van der Waals surface area (Å²) in [5.74, 6) is -1.74. The lowest BCUT2D eigenvalue weighted by Gasteiger charge is -2.05. The first-order chi connectivity index (χ1) is 8.36. The molecule has 0 saturated carbocycles. The van der Waals surface area contributed by atoms with Crippen LogP contribution >= 0.6 is 11.6 Å². The van der Waals surface area contributed by atoms with Crippen molar-refractivity contribution in [2.75, 3.05) is 7.11 Å². The van der Waals surface area contributed by atoms with Crippen LogP contribution < -0.4 is 0 Å². The second-order valence-electron chi connectivity index (χ2n) is 3.16. The summed E-state index contributed by atoms with van der Waals surface area (Å²) in [5.41, 5.74) is -0.937. The van der Waals surface area contributed by atoms with Gasteiger partial charge >= 0.3 is 11.8 Å². The van der Waals surface area contributed by atoms with Gasteiger partial charge in [0, 0.05) is 5.56 Å². The molecule has 0 atom stereocenters. The number of alkyl halides is 2. The Labute approximate surface area is 105 Å². The predicted octanol–water partition coefficient (Wildman–Crippen LogP) is 2.30. The number of carbonyl (C=O) groups excluding carboxylic acids is 1. The highest BCUT2D eigenvalue weighted by atomic mass is 35.5. The van der Waals surface area contributed by atoms with Crippen LogP contribution in [0.1, 0.15) is 17.6 Å². The molecule has 0 unspecified atom stereocenters. The zero-order valence-electron chi connectivity index (χ0n) is 9.02. The van der Waals surface area contributed by atoms with E-state index >= 15 is 0 Å². The molecule has 0 aliphatic rings. The summed E-state index contributed by atoms with van der Waals surface area (Å²) >= 11 is 5.58. The van der Waals surface area contributed by atoms with E-state index in [9.17, 15) is 23.7 Å². The van der Waals surface area contributed by atoms with E-state index in [1.165, 1.54) is 0 Å². The number of hydrogen-bond acceptors (Lipinski definition) is 5. The maximum Gasteiger partial charge on any atom is 0.374 e. The lowest BCUT2D eigenvalue weighted by molar-refractivity contribution is -0.391. The van der Waals surface area contributed by atoms with Gasteiger partial charge in [0.1, 0.15) is 5.56 Å². The van der Waals surface area contributed by atoms with Gasteiger partial charge in [0.05, 0.1) is 13.5 Å². The van der Waals surface area contributed by atoms with Crippen LogP contribution in [0.2, 0.25) is 5.15 Å². The molecule has 18 heavy (non-hydrogen) atoms. The van der Waals surface area contributed by atoms with E-state index < -0.39 is 28.7 Å². The molecule has 1 aromatic heterocycles. The van der Waals surface area contributed by atoms with Gasteiger partial charge in [-0.3, -0.25) is 4.79 Å². The Bertz CT molecular complexity index is 496. The van der Waals surface area contributed by atoms with Crippen molar-refractivity contribution in [3.63, 3.8) is 0 Å². The van der Waals surface area contributed by atoms with Crippen LogP contribution in [0.5, 0.6) is 0 Å². The summed E-state index contributed by atoms with van der Waals surface area (Å²) in [7, 11) is 1.11. The molecule has 6 nitrogen and oxygen atoms in total. The van der Waals surface area contributed by atoms with Crippen molar-refractivity contribution in [1.29, 1.82) is 0 Å². The lowest BCUT2D eigenvalue weighted by Crippen LogP contribution is -2.08. The van der Waals surface area contributed by atoms with E-state index in [4.69, 9.17) is 11.6 Å². The molecular formula is C9H7ClF2N2O4. The zero-order chi connectivity index (χ0) is 13.9. The van der Waals surface area contributed by atoms with Crippen LogP contribution in [0.3, 0.4) is 0 Å². The number of rotatable bonds is 4. The minimum absolute atomic E-state index is 0.0515. The molecule has 1 aromatic rings. The molecule has 0 spiro atoms. The molecule has 0 fully saturated rings. The van der Waals surface area contributed by atoms with E-state index in [1.54, 1.807) is 0 Å². The van der Waals surface area contributed by atoms with Crippen LogP contribution in [0.25, 0.3) is 0 Å². The molecule has 0 saturated heterocycles. The van der Waals surface area contributed by atoms with Crippen molar-refractivity contribution in [2.45, 2.75) is 12.8 Å². The predicted molar refractivity (Wildman–Crippen MR) is 56.6 cm³/mol. The van der Waals surface area contributed by atoms with Crippen molar-refractivity contribution in [2.24, 2.45) is 0 Å². The summed E-state index contributed by atoms with van der Waals surface area (Å²) in [6, 6.07) is 0.787. The van der Waals surface area contributed by atoms with E-state index in [1.807, 2.05) is 0 Å². The number of methoxy groups -OCH3 is 1. The zero-order valence-corrected chi connectivity index (χ0v) is 9.78. The highest BCUT2D eigenvalue weighted by Gasteiger charge is 2.27. The van der Waals surface area contributed by atoms with Gasteiger partial charge in [0.15, 0.2) is 0 Å². The molecule has 0 N–H and O–H groups in total. The molecule has 0 aliphatic carbocycles. The van der Waals surface area contributed by atoms with Gasteiger partial charge in [-0.25, -0.2) is 8.78 Å². The van der Waals surface area contributed by atoms with Crippen molar-refractivity contribution in [3.05, 3.63) is 32.5 Å². The third-order valence-electron chi connectivity index (χ3n) is 2.03. The van der Waals surface area contributed by atoms with E-state index in [2.05, 4.69) is 9.72 Å². The Balaban J connectivity index is 3.27. The highest BCUT2D eigenvalue weighted by molar-refractivity contribution is 6.30. The van der Waals surface area contributed by atoms with Gasteiger partial charge in [-0.2, -0.15) is 0 Å². The molecule has 1 heterocycles. The Morgan fingerprint density at radius 2 is 2.28 bits per heavy atom. The largest absolute Gasteiger partial charge is 0.469 e. The Hall–Kier alpha value is -1.83. The molecule has 98 valence electrons. The molecule has 9 heteroatoms. The van der Waals surface area contributed by atoms with Crippen LogP contribution in [-0.2, 0) is 16.0 Å². The van der Waals surface area contributed by atoms with E-state index in [0.29, 0.717) is 0 Å². The van der Waals surface area contributed by atoms with Gasteiger partial charge in [0.25, 0.3) is 6.43 Å². The fraction of sp³-hybridized carbons (Fsp3) is 0.333. The quantitative estimate of drug-likeness (QED) is 0.366. The fourth-order valence-electron chi connectivity index (χ4n) is 1.20. The minimum atomic E-state index is -3.09. The van der Waals surface area contributed by atoms with Gasteiger partial charge in [0.2, 0.25) is 5.15 Å². The standard InChI is InChI=1S/C9H7ClF2N2O4/c1-18-6(15)3-4-2-5(8(11)12)9(14(16)17)13-7(4)10/h2,8H,3H2,1H3. The number of hydrogen-bond donors (Lipinski definition) is 0. The molecule has 0 aliphatic heterocycles. The molecule has 0 radical (unpaired) electrons. The first-order valence-corrected chi connectivity index (χ1v) is 4.93. The highest BCUT2D eigenvalue weighted by Crippen LogP contribution is 2.31. The lowest BCUT2D eigenvalue weighted by atomic mass is 10.1. The van der Waals surface area contributed by atoms with Crippen molar-refractivity contribution in [3.8, 4) is 0 Å². The molecule has 0 aromatic carbocycles. The monoisotopic (exact) mass is 280 g/mol. The van der Waals surface area contributed by atoms with Gasteiger partial charge in [-0.15, -0.1) is 0 Å². The number of pyridine rings is 1. The average molecular weight is 281 g/mol. The Kier molecular flexibility index (Phi) is 4.49. The normalized spacial score (nSPS) is 10.5. The van der Waals surface area contributed by atoms with Gasteiger partial charge in [-0.1, -0.05) is 0 Å². The fourth-order valence-corrected chi connectivity index (χ4v) is 1.40. The third-order valence-corrected chi connectivity index (χ3v) is 2.35. The van der Waals surface area contributed by atoms with Gasteiger partial charge < -0.3 is 14.9 Å². The van der Waals surface area contributed by atoms with Crippen LogP contribution in [-0.4, -0.2) is 23.0 Å². The number of halogens is 3. The number of ether oxygens (including phenoxy) is 1. The number of esters is 1. The minimum Gasteiger partial charge on any atom is -0.469 e. The molecule has 0 amide bonds. The Morgan fingerprint density at radius 1 is 1.67 bits per heavy atom. The van der Waals surface area contributed by atoms with Crippen LogP contribution in [0.15, 0.2) is 6.07 Å². The summed E-state index contributed by atoms with van der Waals surface area (Å²) in [6.45, 7) is 0. The first-order valence-electron chi connectivity index (χ1n) is 4.55. The second-order valence-corrected chi connectivity index (χ2v) is 3.52. The second kappa shape index (κ2) is 5.67. The van der Waals surface area contributed by atoms with E-state index in [0.717, 1.165) is 13.2 Å². The average Bonchev–Trinajstić information content (AvgIpc) is 2.30. The van der Waals surface area contributed by atoms with E-state index in [-0.39, 0.29) is 17.1 Å². The topological polar surface area (TPSA) is 82.3 Å². The number of carbonyl (C=O) groups is 1. The maximum atomic E-state index is 12.6. The molecule has 0 bridgehead atoms. The smallest absolute Gasteiger partial charge is 0.374 e. The van der Waals surface area contributed by atoms with Gasteiger partial charge in [-0.05, 0) is 27.6 Å². The van der Waals surface area contributed by atoms with Crippen molar-refractivity contribution >= 4 is 23.4 Å². The SMILES string of the molecule is COC(=O)Cc1cc(C(F)F)c([N+](=O)[O-])nc1Cl. The summed E-state index contributed by atoms with van der Waals surface area (Å²) in [4.78, 5) is 23.7. The summed E-state index contributed by atoms with van der Waals surface area (Å²) in [5, 5.41) is 10.1.